The summed E-state index contributed by atoms with van der Waals surface area (Å²) in [6.45, 7) is 1.97. The Labute approximate surface area is 66.1 Å². The number of carbonyl (C=O) groups is 1. The maximum absolute atomic E-state index is 9.97. The number of aromatic amines is 1. The van der Waals surface area contributed by atoms with E-state index in [1.807, 2.05) is 19.2 Å². The van der Waals surface area contributed by atoms with Crippen molar-refractivity contribution in [3.8, 4) is 0 Å². The van der Waals surface area contributed by atoms with Crippen molar-refractivity contribution in [2.45, 2.75) is 13.3 Å². The third-order valence-electron chi connectivity index (χ3n) is 1.21. The van der Waals surface area contributed by atoms with E-state index < -0.39 is 0 Å². The molecule has 0 atom stereocenters. The number of hydrogen-bond acceptors (Lipinski definition) is 2. The van der Waals surface area contributed by atoms with Crippen molar-refractivity contribution in [1.29, 1.82) is 0 Å². The number of aromatic nitrogens is 1. The van der Waals surface area contributed by atoms with E-state index in [0.29, 0.717) is 6.42 Å². The van der Waals surface area contributed by atoms with E-state index in [1.165, 1.54) is 0 Å². The first-order valence-electron chi connectivity index (χ1n) is 3.35. The molecule has 3 nitrogen and oxygen atoms in total. The highest BCUT2D eigenvalue weighted by Gasteiger charge is 1.91. The molecule has 11 heavy (non-hydrogen) atoms. The number of carbonyl (C=O) groups excluding carboxylic acids is 1. The van der Waals surface area contributed by atoms with Gasteiger partial charge in [-0.3, -0.25) is 0 Å². The van der Waals surface area contributed by atoms with Crippen molar-refractivity contribution in [2.75, 3.05) is 7.11 Å². The van der Waals surface area contributed by atoms with Crippen LogP contribution in [0.4, 0.5) is 0 Å². The molecule has 0 amide bonds. The molecule has 1 aromatic rings. The molecule has 1 aromatic heterocycles. The van der Waals surface area contributed by atoms with Crippen LogP contribution in [0.5, 0.6) is 0 Å². The summed E-state index contributed by atoms with van der Waals surface area (Å²) in [6, 6.07) is 1.97. The van der Waals surface area contributed by atoms with Crippen molar-refractivity contribution in [3.63, 3.8) is 0 Å². The van der Waals surface area contributed by atoms with Gasteiger partial charge in [-0.05, 0) is 18.6 Å². The molecule has 0 aromatic carbocycles. The highest BCUT2D eigenvalue weighted by atomic mass is 16.2. The maximum Gasteiger partial charge on any atom is 0.124 e. The Morgan fingerprint density at radius 3 is 2.64 bits per heavy atom. The predicted molar refractivity (Wildman–Crippen MR) is 43.4 cm³/mol. The molecule has 1 rings (SSSR count). The van der Waals surface area contributed by atoms with Gasteiger partial charge in [-0.15, -0.1) is 0 Å². The van der Waals surface area contributed by atoms with Crippen LogP contribution in [0.3, 0.4) is 0 Å². The van der Waals surface area contributed by atoms with Gasteiger partial charge in [0.1, 0.15) is 6.29 Å². The summed E-state index contributed by atoms with van der Waals surface area (Å²) in [5, 5.41) is 7.00. The maximum atomic E-state index is 9.97. The zero-order valence-corrected chi connectivity index (χ0v) is 6.79. The quantitative estimate of drug-likeness (QED) is 0.617. The number of rotatable bonds is 2. The van der Waals surface area contributed by atoms with Crippen molar-refractivity contribution in [2.24, 2.45) is 0 Å². The molecule has 62 valence electrons. The standard InChI is InChI=1S/C7H9NO.CH4O/c1-6-4-7(2-3-9)5-8-6;1-2/h3-5,8H,2H2,1H3;2H,1H3. The summed E-state index contributed by atoms with van der Waals surface area (Å²) in [6.07, 6.45) is 3.27. The second-order valence-corrected chi connectivity index (χ2v) is 2.06. The molecule has 0 aliphatic carbocycles. The Balaban J connectivity index is 0.000000461. The van der Waals surface area contributed by atoms with Gasteiger partial charge in [0.05, 0.1) is 0 Å². The average Bonchev–Trinajstić information content (AvgIpc) is 2.41. The molecule has 0 radical (unpaired) electrons. The third kappa shape index (κ3) is 3.57. The highest BCUT2D eigenvalue weighted by Crippen LogP contribution is 2.00. The van der Waals surface area contributed by atoms with E-state index in [2.05, 4.69) is 4.98 Å². The summed E-state index contributed by atoms with van der Waals surface area (Å²) < 4.78 is 0. The second-order valence-electron chi connectivity index (χ2n) is 2.06. The van der Waals surface area contributed by atoms with Crippen LogP contribution in [0.25, 0.3) is 0 Å². The molecule has 0 spiro atoms. The molecule has 1 heterocycles. The van der Waals surface area contributed by atoms with Crippen LogP contribution in [0.15, 0.2) is 12.3 Å². The lowest BCUT2D eigenvalue weighted by Crippen LogP contribution is -1.78. The van der Waals surface area contributed by atoms with Gasteiger partial charge in [-0.25, -0.2) is 0 Å². The average molecular weight is 155 g/mol. The van der Waals surface area contributed by atoms with Crippen LogP contribution in [0, 0.1) is 6.92 Å². The van der Waals surface area contributed by atoms with Gasteiger partial charge < -0.3 is 14.9 Å². The Hall–Kier alpha value is -1.09. The fourth-order valence-electron chi connectivity index (χ4n) is 0.782. The molecule has 0 aliphatic heterocycles. The van der Waals surface area contributed by atoms with Crippen molar-refractivity contribution in [3.05, 3.63) is 23.5 Å². The molecule has 0 saturated carbocycles. The smallest absolute Gasteiger partial charge is 0.124 e. The van der Waals surface area contributed by atoms with Gasteiger partial charge in [0.25, 0.3) is 0 Å². The van der Waals surface area contributed by atoms with Gasteiger partial charge in [-0.1, -0.05) is 0 Å². The molecular weight excluding hydrogens is 142 g/mol. The van der Waals surface area contributed by atoms with Gasteiger partial charge in [0, 0.05) is 25.4 Å². The minimum Gasteiger partial charge on any atom is -0.400 e. The topological polar surface area (TPSA) is 53.1 Å². The lowest BCUT2D eigenvalue weighted by atomic mass is 10.2. The van der Waals surface area contributed by atoms with Crippen LogP contribution in [0.2, 0.25) is 0 Å². The fourth-order valence-corrected chi connectivity index (χ4v) is 0.782. The van der Waals surface area contributed by atoms with E-state index in [-0.39, 0.29) is 0 Å². The van der Waals surface area contributed by atoms with Crippen LogP contribution in [-0.4, -0.2) is 23.5 Å². The molecule has 0 unspecified atom stereocenters. The van der Waals surface area contributed by atoms with Crippen molar-refractivity contribution in [1.82, 2.24) is 4.98 Å². The van der Waals surface area contributed by atoms with Gasteiger partial charge >= 0.3 is 0 Å². The summed E-state index contributed by atoms with van der Waals surface area (Å²) >= 11 is 0. The molecule has 0 saturated heterocycles. The van der Waals surface area contributed by atoms with Gasteiger partial charge in [0.2, 0.25) is 0 Å². The van der Waals surface area contributed by atoms with Crippen LogP contribution >= 0.6 is 0 Å². The van der Waals surface area contributed by atoms with E-state index >= 15 is 0 Å². The van der Waals surface area contributed by atoms with Gasteiger partial charge in [0.15, 0.2) is 0 Å². The largest absolute Gasteiger partial charge is 0.400 e. The zero-order valence-electron chi connectivity index (χ0n) is 6.79. The highest BCUT2D eigenvalue weighted by molar-refractivity contribution is 5.54. The lowest BCUT2D eigenvalue weighted by Gasteiger charge is -1.79. The first kappa shape index (κ1) is 9.91. The Kier molecular flexibility index (Phi) is 5.11. The molecule has 3 heteroatoms. The minimum atomic E-state index is 0.518. The predicted octanol–water partition coefficient (Wildman–Crippen LogP) is 0.673. The molecule has 0 fully saturated rings. The Morgan fingerprint density at radius 1 is 1.64 bits per heavy atom. The van der Waals surface area contributed by atoms with Crippen LogP contribution in [0.1, 0.15) is 11.3 Å². The Bertz CT molecular complexity index is 206. The number of nitrogens with one attached hydrogen (secondary N) is 1. The van der Waals surface area contributed by atoms with Gasteiger partial charge in [-0.2, -0.15) is 0 Å². The normalized spacial score (nSPS) is 8.27. The molecule has 2 N–H and O–H groups in total. The van der Waals surface area contributed by atoms with E-state index in [9.17, 15) is 4.79 Å². The number of aldehydes is 1. The third-order valence-corrected chi connectivity index (χ3v) is 1.21. The first-order chi connectivity index (χ1) is 5.33. The zero-order chi connectivity index (χ0) is 8.69. The molecular formula is C8H13NO2. The summed E-state index contributed by atoms with van der Waals surface area (Å²) in [7, 11) is 1.00. The summed E-state index contributed by atoms with van der Waals surface area (Å²) in [5.74, 6) is 0. The SMILES string of the molecule is CO.Cc1cc(CC=O)c[nH]1. The van der Waals surface area contributed by atoms with Crippen molar-refractivity contribution >= 4 is 6.29 Å². The van der Waals surface area contributed by atoms with Crippen LogP contribution < -0.4 is 0 Å². The minimum absolute atomic E-state index is 0.518. The summed E-state index contributed by atoms with van der Waals surface area (Å²) in [5.41, 5.74) is 2.16. The number of hydrogen-bond donors (Lipinski definition) is 2. The molecule has 0 bridgehead atoms. The summed E-state index contributed by atoms with van der Waals surface area (Å²) in [4.78, 5) is 13.0. The van der Waals surface area contributed by atoms with E-state index in [1.54, 1.807) is 0 Å². The molecule has 0 aliphatic rings. The van der Waals surface area contributed by atoms with E-state index in [0.717, 1.165) is 24.7 Å². The fraction of sp³-hybridized carbons (Fsp3) is 0.375. The Morgan fingerprint density at radius 2 is 2.27 bits per heavy atom. The number of H-pyrrole nitrogens is 1. The lowest BCUT2D eigenvalue weighted by molar-refractivity contribution is -0.107. The number of aliphatic hydroxyl groups excluding tert-OH is 1. The second kappa shape index (κ2) is 5.68. The van der Waals surface area contributed by atoms with E-state index in [4.69, 9.17) is 5.11 Å². The number of aryl methyl sites for hydroxylation is 1. The first-order valence-corrected chi connectivity index (χ1v) is 3.35. The van der Waals surface area contributed by atoms with Crippen molar-refractivity contribution < 1.29 is 9.90 Å². The number of aliphatic hydroxyl groups is 1. The monoisotopic (exact) mass is 155 g/mol. The van der Waals surface area contributed by atoms with Crippen LogP contribution in [-0.2, 0) is 11.2 Å².